The number of hydrogen-bond acceptors (Lipinski definition) is 3. The fourth-order valence-corrected chi connectivity index (χ4v) is 3.41. The number of nitro benzene ring substituents is 1. The van der Waals surface area contributed by atoms with Crippen molar-refractivity contribution in [3.8, 4) is 11.3 Å². The number of benzene rings is 1. The molecule has 1 heterocycles. The van der Waals surface area contributed by atoms with Crippen LogP contribution in [-0.2, 0) is 0 Å². The first-order valence-corrected chi connectivity index (χ1v) is 9.13. The monoisotopic (exact) mass is 357 g/mol. The topological polar surface area (TPSA) is 91.2 Å². The van der Waals surface area contributed by atoms with Crippen LogP contribution in [0.2, 0.25) is 0 Å². The number of amides is 1. The first-order chi connectivity index (χ1) is 12.4. The van der Waals surface area contributed by atoms with Crippen LogP contribution >= 0.6 is 0 Å². The molecule has 1 amide bonds. The molecule has 6 heteroatoms. The highest BCUT2D eigenvalue weighted by Crippen LogP contribution is 2.32. The first kappa shape index (κ1) is 19.7. The molecule has 2 N–H and O–H groups in total. The molecule has 0 saturated heterocycles. The number of rotatable bonds is 9. The maximum absolute atomic E-state index is 11.8. The van der Waals surface area contributed by atoms with E-state index in [1.807, 2.05) is 6.92 Å². The van der Waals surface area contributed by atoms with Crippen LogP contribution in [-0.4, -0.2) is 15.4 Å². The Labute approximate surface area is 154 Å². The SMILES string of the molecule is CCCCCCC(C)n1c(-c2ccc([N+](=O)[O-])cc2)cc(C(N)=O)c1C. The average molecular weight is 357 g/mol. The lowest BCUT2D eigenvalue weighted by molar-refractivity contribution is -0.384. The first-order valence-electron chi connectivity index (χ1n) is 9.13. The van der Waals surface area contributed by atoms with Crippen LogP contribution in [0.4, 0.5) is 5.69 Å². The van der Waals surface area contributed by atoms with E-state index < -0.39 is 10.8 Å². The summed E-state index contributed by atoms with van der Waals surface area (Å²) in [5, 5.41) is 10.9. The molecule has 1 atom stereocenters. The second-order valence-corrected chi connectivity index (χ2v) is 6.77. The maximum atomic E-state index is 11.8. The summed E-state index contributed by atoms with van der Waals surface area (Å²) in [6, 6.07) is 8.41. The largest absolute Gasteiger partial charge is 0.366 e. The molecule has 0 aliphatic rings. The van der Waals surface area contributed by atoms with Crippen LogP contribution in [0.5, 0.6) is 0 Å². The molecule has 140 valence electrons. The number of primary amides is 1. The second kappa shape index (κ2) is 8.65. The Morgan fingerprint density at radius 3 is 2.42 bits per heavy atom. The van der Waals surface area contributed by atoms with Crippen molar-refractivity contribution >= 4 is 11.6 Å². The van der Waals surface area contributed by atoms with Gasteiger partial charge in [-0.3, -0.25) is 14.9 Å². The Kier molecular flexibility index (Phi) is 6.55. The quantitative estimate of drug-likeness (QED) is 0.389. The minimum absolute atomic E-state index is 0.0475. The number of nitrogens with two attached hydrogens (primary N) is 1. The number of aromatic nitrogens is 1. The van der Waals surface area contributed by atoms with Crippen molar-refractivity contribution < 1.29 is 9.72 Å². The van der Waals surface area contributed by atoms with Gasteiger partial charge in [0, 0.05) is 29.6 Å². The molecule has 0 spiro atoms. The summed E-state index contributed by atoms with van der Waals surface area (Å²) in [5.41, 5.74) is 8.63. The lowest BCUT2D eigenvalue weighted by Gasteiger charge is -2.20. The molecule has 0 radical (unpaired) electrons. The fourth-order valence-electron chi connectivity index (χ4n) is 3.41. The Hall–Kier alpha value is -2.63. The number of carbonyl (C=O) groups excluding carboxylic acids is 1. The van der Waals surface area contributed by atoms with Gasteiger partial charge in [0.1, 0.15) is 0 Å². The molecule has 2 aromatic rings. The van der Waals surface area contributed by atoms with E-state index in [1.165, 1.54) is 31.4 Å². The minimum atomic E-state index is -0.456. The van der Waals surface area contributed by atoms with E-state index in [-0.39, 0.29) is 11.7 Å². The number of nitrogens with zero attached hydrogens (tertiary/aromatic N) is 2. The second-order valence-electron chi connectivity index (χ2n) is 6.77. The standard InChI is InChI=1S/C20H27N3O3/c1-4-5-6-7-8-14(2)22-15(3)18(20(21)24)13-19(22)16-9-11-17(12-10-16)23(25)26/h9-14H,4-8H2,1-3H3,(H2,21,24). The van der Waals surface area contributed by atoms with Crippen molar-refractivity contribution in [3.63, 3.8) is 0 Å². The average Bonchev–Trinajstić information content (AvgIpc) is 2.96. The number of nitro groups is 1. The van der Waals surface area contributed by atoms with Crippen LogP contribution < -0.4 is 5.73 Å². The normalized spacial score (nSPS) is 12.1. The van der Waals surface area contributed by atoms with Crippen molar-refractivity contribution in [1.29, 1.82) is 0 Å². The number of hydrogen-bond donors (Lipinski definition) is 1. The fraction of sp³-hybridized carbons (Fsp3) is 0.450. The van der Waals surface area contributed by atoms with Crippen molar-refractivity contribution in [3.05, 3.63) is 51.7 Å². The zero-order valence-corrected chi connectivity index (χ0v) is 15.7. The van der Waals surface area contributed by atoms with Gasteiger partial charge in [0.2, 0.25) is 0 Å². The molecule has 1 aromatic heterocycles. The van der Waals surface area contributed by atoms with Crippen LogP contribution in [0.1, 0.15) is 68.0 Å². The van der Waals surface area contributed by atoms with Crippen molar-refractivity contribution in [2.24, 2.45) is 5.73 Å². The van der Waals surface area contributed by atoms with Crippen LogP contribution in [0, 0.1) is 17.0 Å². The van der Waals surface area contributed by atoms with E-state index in [9.17, 15) is 14.9 Å². The summed E-state index contributed by atoms with van der Waals surface area (Å²) in [5.74, 6) is -0.456. The summed E-state index contributed by atoms with van der Waals surface area (Å²) >= 11 is 0. The van der Waals surface area contributed by atoms with Gasteiger partial charge in [-0.2, -0.15) is 0 Å². The zero-order chi connectivity index (χ0) is 19.3. The molecule has 1 aromatic carbocycles. The number of non-ortho nitro benzene ring substituents is 1. The third-order valence-corrected chi connectivity index (χ3v) is 4.85. The highest BCUT2D eigenvalue weighted by molar-refractivity contribution is 5.95. The van der Waals surface area contributed by atoms with Gasteiger partial charge in [-0.15, -0.1) is 0 Å². The predicted molar refractivity (Wildman–Crippen MR) is 103 cm³/mol. The molecule has 6 nitrogen and oxygen atoms in total. The van der Waals surface area contributed by atoms with Crippen molar-refractivity contribution in [1.82, 2.24) is 4.57 Å². The smallest absolute Gasteiger partial charge is 0.269 e. The Morgan fingerprint density at radius 2 is 1.88 bits per heavy atom. The van der Waals surface area contributed by atoms with E-state index in [1.54, 1.807) is 18.2 Å². The Balaban J connectivity index is 2.39. The van der Waals surface area contributed by atoms with Gasteiger partial charge in [-0.25, -0.2) is 0 Å². The van der Waals surface area contributed by atoms with Gasteiger partial charge in [-0.05, 0) is 44.0 Å². The third-order valence-electron chi connectivity index (χ3n) is 4.85. The van der Waals surface area contributed by atoms with Crippen LogP contribution in [0.15, 0.2) is 30.3 Å². The van der Waals surface area contributed by atoms with Gasteiger partial charge in [0.05, 0.1) is 10.5 Å². The van der Waals surface area contributed by atoms with Crippen LogP contribution in [0.3, 0.4) is 0 Å². The molecule has 0 bridgehead atoms. The third kappa shape index (κ3) is 4.31. The number of carbonyl (C=O) groups is 1. The predicted octanol–water partition coefficient (Wildman–Crippen LogP) is 5.00. The molecule has 0 aliphatic heterocycles. The Morgan fingerprint density at radius 1 is 1.23 bits per heavy atom. The summed E-state index contributed by atoms with van der Waals surface area (Å²) in [7, 11) is 0. The van der Waals surface area contributed by atoms with E-state index in [4.69, 9.17) is 5.73 Å². The highest BCUT2D eigenvalue weighted by atomic mass is 16.6. The van der Waals surface area contributed by atoms with Crippen molar-refractivity contribution in [2.45, 2.75) is 58.9 Å². The van der Waals surface area contributed by atoms with E-state index in [0.717, 1.165) is 29.8 Å². The highest BCUT2D eigenvalue weighted by Gasteiger charge is 2.20. The Bertz CT molecular complexity index is 778. The van der Waals surface area contributed by atoms with Crippen molar-refractivity contribution in [2.75, 3.05) is 0 Å². The van der Waals surface area contributed by atoms with Gasteiger partial charge >= 0.3 is 0 Å². The van der Waals surface area contributed by atoms with Gasteiger partial charge < -0.3 is 10.3 Å². The summed E-state index contributed by atoms with van der Waals surface area (Å²) in [6.45, 7) is 6.22. The lowest BCUT2D eigenvalue weighted by Crippen LogP contribution is -2.14. The van der Waals surface area contributed by atoms with Gasteiger partial charge in [0.25, 0.3) is 11.6 Å². The zero-order valence-electron chi connectivity index (χ0n) is 15.7. The van der Waals surface area contributed by atoms with Gasteiger partial charge in [0.15, 0.2) is 0 Å². The summed E-state index contributed by atoms with van der Waals surface area (Å²) in [6.07, 6.45) is 5.73. The maximum Gasteiger partial charge on any atom is 0.269 e. The molecule has 0 aliphatic carbocycles. The molecule has 1 unspecified atom stereocenters. The van der Waals surface area contributed by atoms with E-state index >= 15 is 0 Å². The molecule has 0 saturated carbocycles. The van der Waals surface area contributed by atoms with E-state index in [0.29, 0.717) is 5.56 Å². The molecule has 26 heavy (non-hydrogen) atoms. The molecule has 0 fully saturated rings. The van der Waals surface area contributed by atoms with Crippen LogP contribution in [0.25, 0.3) is 11.3 Å². The summed E-state index contributed by atoms with van der Waals surface area (Å²) < 4.78 is 2.13. The number of unbranched alkanes of at least 4 members (excludes halogenated alkanes) is 3. The minimum Gasteiger partial charge on any atom is -0.366 e. The molecular formula is C20H27N3O3. The lowest BCUT2D eigenvalue weighted by atomic mass is 10.1. The van der Waals surface area contributed by atoms with Gasteiger partial charge in [-0.1, -0.05) is 32.6 Å². The molecular weight excluding hydrogens is 330 g/mol. The summed E-state index contributed by atoms with van der Waals surface area (Å²) in [4.78, 5) is 22.3. The van der Waals surface area contributed by atoms with E-state index in [2.05, 4.69) is 18.4 Å². The molecule has 2 rings (SSSR count).